The molecule has 1 fully saturated rings. The van der Waals surface area contributed by atoms with Crippen molar-refractivity contribution in [2.45, 2.75) is 25.4 Å². The fraction of sp³-hybridized carbons (Fsp3) is 0.250. The topological polar surface area (TPSA) is 54.0 Å². The lowest BCUT2D eigenvalue weighted by atomic mass is 10.00. The molecule has 0 spiro atoms. The zero-order valence-electron chi connectivity index (χ0n) is 16.5. The van der Waals surface area contributed by atoms with Crippen LogP contribution in [0.1, 0.15) is 30.1 Å². The van der Waals surface area contributed by atoms with E-state index in [0.29, 0.717) is 6.04 Å². The summed E-state index contributed by atoms with van der Waals surface area (Å²) in [6, 6.07) is 19.0. The largest absolute Gasteiger partial charge is 0.497 e. The standard InChI is InChI=1S/C24H24N4O/c1-29-19-7-4-6-17(14-19)21-15-26-27-24(21)23-10-5-13-28(23)16-18-11-12-25-22-9-3-2-8-20(18)22/h2-4,6-9,11-12,14-15,23H,5,10,13,16H2,1H3,(H,26,27)/t23-/m0/s1. The van der Waals surface area contributed by atoms with Gasteiger partial charge in [0.15, 0.2) is 0 Å². The van der Waals surface area contributed by atoms with E-state index < -0.39 is 0 Å². The molecular weight excluding hydrogens is 360 g/mol. The Morgan fingerprint density at radius 1 is 1.14 bits per heavy atom. The highest BCUT2D eigenvalue weighted by Gasteiger charge is 2.30. The third kappa shape index (κ3) is 3.38. The lowest BCUT2D eigenvalue weighted by molar-refractivity contribution is 0.245. The van der Waals surface area contributed by atoms with Crippen LogP contribution in [0.25, 0.3) is 22.0 Å². The third-order valence-electron chi connectivity index (χ3n) is 5.86. The number of pyridine rings is 1. The number of benzene rings is 2. The third-order valence-corrected chi connectivity index (χ3v) is 5.86. The Morgan fingerprint density at radius 2 is 2.07 bits per heavy atom. The first kappa shape index (κ1) is 17.9. The number of hydrogen-bond donors (Lipinski definition) is 1. The van der Waals surface area contributed by atoms with Crippen LogP contribution in [-0.4, -0.2) is 33.7 Å². The average molecular weight is 384 g/mol. The molecule has 1 aliphatic heterocycles. The molecule has 0 bridgehead atoms. The zero-order chi connectivity index (χ0) is 19.6. The van der Waals surface area contributed by atoms with Crippen molar-refractivity contribution in [3.63, 3.8) is 0 Å². The van der Waals surface area contributed by atoms with Crippen molar-refractivity contribution in [1.82, 2.24) is 20.1 Å². The average Bonchev–Trinajstić information content (AvgIpc) is 3.43. The molecule has 5 heteroatoms. The summed E-state index contributed by atoms with van der Waals surface area (Å²) in [5.41, 5.74) is 5.85. The number of hydrogen-bond acceptors (Lipinski definition) is 4. The number of fused-ring (bicyclic) bond motifs is 1. The number of nitrogens with one attached hydrogen (secondary N) is 1. The molecule has 3 heterocycles. The SMILES string of the molecule is COc1cccc(-c2cn[nH]c2[C@@H]2CCCN2Cc2ccnc3ccccc23)c1. The maximum Gasteiger partial charge on any atom is 0.119 e. The fourth-order valence-corrected chi connectivity index (χ4v) is 4.42. The lowest BCUT2D eigenvalue weighted by Gasteiger charge is -2.25. The Hall–Kier alpha value is -3.18. The Labute approximate surface area is 170 Å². The van der Waals surface area contributed by atoms with Crippen molar-refractivity contribution in [2.24, 2.45) is 0 Å². The number of aromatic amines is 1. The van der Waals surface area contributed by atoms with Crippen LogP contribution in [0.2, 0.25) is 0 Å². The van der Waals surface area contributed by atoms with Crippen LogP contribution < -0.4 is 4.74 Å². The second-order valence-corrected chi connectivity index (χ2v) is 7.55. The summed E-state index contributed by atoms with van der Waals surface area (Å²) >= 11 is 0. The van der Waals surface area contributed by atoms with E-state index in [2.05, 4.69) is 56.5 Å². The summed E-state index contributed by atoms with van der Waals surface area (Å²) in [5.74, 6) is 0.862. The van der Waals surface area contributed by atoms with E-state index in [1.165, 1.54) is 23.1 Å². The second-order valence-electron chi connectivity index (χ2n) is 7.55. The zero-order valence-corrected chi connectivity index (χ0v) is 16.5. The van der Waals surface area contributed by atoms with Gasteiger partial charge in [-0.3, -0.25) is 15.0 Å². The van der Waals surface area contributed by atoms with Gasteiger partial charge in [0.1, 0.15) is 5.75 Å². The molecule has 29 heavy (non-hydrogen) atoms. The van der Waals surface area contributed by atoms with Gasteiger partial charge < -0.3 is 4.74 Å². The molecule has 146 valence electrons. The van der Waals surface area contributed by atoms with Crippen molar-refractivity contribution in [1.29, 1.82) is 0 Å². The molecule has 0 unspecified atom stereocenters. The quantitative estimate of drug-likeness (QED) is 0.528. The molecule has 1 N–H and O–H groups in total. The van der Waals surface area contributed by atoms with Crippen LogP contribution in [0.3, 0.4) is 0 Å². The van der Waals surface area contributed by atoms with E-state index in [0.717, 1.165) is 41.9 Å². The minimum absolute atomic E-state index is 0.325. The van der Waals surface area contributed by atoms with Crippen LogP contribution in [0, 0.1) is 0 Å². The van der Waals surface area contributed by atoms with Gasteiger partial charge in [0.25, 0.3) is 0 Å². The number of ether oxygens (including phenoxy) is 1. The Kier molecular flexibility index (Phi) is 4.74. The van der Waals surface area contributed by atoms with Crippen LogP contribution in [0.4, 0.5) is 0 Å². The summed E-state index contributed by atoms with van der Waals surface area (Å²) in [5, 5.41) is 8.91. The number of aromatic nitrogens is 3. The Bertz CT molecular complexity index is 1130. The maximum atomic E-state index is 5.41. The molecule has 5 nitrogen and oxygen atoms in total. The number of nitrogens with zero attached hydrogens (tertiary/aromatic N) is 3. The number of rotatable bonds is 5. The van der Waals surface area contributed by atoms with Crippen molar-refractivity contribution in [2.75, 3.05) is 13.7 Å². The monoisotopic (exact) mass is 384 g/mol. The second kappa shape index (κ2) is 7.68. The van der Waals surface area contributed by atoms with E-state index in [1.807, 2.05) is 30.6 Å². The first-order chi connectivity index (χ1) is 14.3. The lowest BCUT2D eigenvalue weighted by Crippen LogP contribution is -2.23. The molecule has 1 saturated heterocycles. The van der Waals surface area contributed by atoms with Gasteiger partial charge in [0.05, 0.1) is 30.6 Å². The minimum Gasteiger partial charge on any atom is -0.497 e. The van der Waals surface area contributed by atoms with E-state index in [1.54, 1.807) is 7.11 Å². The number of likely N-dealkylation sites (tertiary alicyclic amines) is 1. The van der Waals surface area contributed by atoms with Gasteiger partial charge in [0.2, 0.25) is 0 Å². The van der Waals surface area contributed by atoms with Crippen molar-refractivity contribution >= 4 is 10.9 Å². The van der Waals surface area contributed by atoms with Crippen molar-refractivity contribution < 1.29 is 4.74 Å². The van der Waals surface area contributed by atoms with Gasteiger partial charge in [-0.1, -0.05) is 30.3 Å². The molecule has 2 aromatic heterocycles. The van der Waals surface area contributed by atoms with E-state index in [4.69, 9.17) is 4.74 Å². The molecule has 4 aromatic rings. The minimum atomic E-state index is 0.325. The van der Waals surface area contributed by atoms with E-state index in [-0.39, 0.29) is 0 Å². The van der Waals surface area contributed by atoms with Crippen LogP contribution >= 0.6 is 0 Å². The molecule has 0 aliphatic carbocycles. The molecule has 0 amide bonds. The maximum absolute atomic E-state index is 5.41. The van der Waals surface area contributed by atoms with Gasteiger partial charge in [-0.2, -0.15) is 5.10 Å². The predicted octanol–water partition coefficient (Wildman–Crippen LogP) is 4.97. The van der Waals surface area contributed by atoms with E-state index >= 15 is 0 Å². The highest BCUT2D eigenvalue weighted by molar-refractivity contribution is 5.81. The van der Waals surface area contributed by atoms with Gasteiger partial charge in [-0.05, 0) is 54.8 Å². The van der Waals surface area contributed by atoms with Crippen LogP contribution in [-0.2, 0) is 6.54 Å². The summed E-state index contributed by atoms with van der Waals surface area (Å²) < 4.78 is 5.41. The predicted molar refractivity (Wildman–Crippen MR) is 115 cm³/mol. The summed E-state index contributed by atoms with van der Waals surface area (Å²) in [7, 11) is 1.70. The summed E-state index contributed by atoms with van der Waals surface area (Å²) in [4.78, 5) is 7.06. The van der Waals surface area contributed by atoms with Crippen molar-refractivity contribution in [3.8, 4) is 16.9 Å². The van der Waals surface area contributed by atoms with Crippen LogP contribution in [0.15, 0.2) is 67.0 Å². The van der Waals surface area contributed by atoms with Gasteiger partial charge in [0, 0.05) is 23.7 Å². The van der Waals surface area contributed by atoms with Gasteiger partial charge >= 0.3 is 0 Å². The molecule has 5 rings (SSSR count). The highest BCUT2D eigenvalue weighted by atomic mass is 16.5. The smallest absolute Gasteiger partial charge is 0.119 e. The molecular formula is C24H24N4O. The molecule has 0 saturated carbocycles. The normalized spacial score (nSPS) is 17.1. The molecule has 1 aliphatic rings. The van der Waals surface area contributed by atoms with E-state index in [9.17, 15) is 0 Å². The summed E-state index contributed by atoms with van der Waals surface area (Å²) in [6.45, 7) is 1.99. The first-order valence-electron chi connectivity index (χ1n) is 10.1. The Balaban J connectivity index is 1.47. The van der Waals surface area contributed by atoms with Crippen molar-refractivity contribution in [3.05, 3.63) is 78.2 Å². The first-order valence-corrected chi connectivity index (χ1v) is 10.1. The summed E-state index contributed by atoms with van der Waals surface area (Å²) in [6.07, 6.45) is 6.16. The fourth-order valence-electron chi connectivity index (χ4n) is 4.42. The number of para-hydroxylation sites is 1. The van der Waals surface area contributed by atoms with Gasteiger partial charge in [-0.25, -0.2) is 0 Å². The number of methoxy groups -OCH3 is 1. The molecule has 0 radical (unpaired) electrons. The van der Waals surface area contributed by atoms with Crippen LogP contribution in [0.5, 0.6) is 5.75 Å². The van der Waals surface area contributed by atoms with Gasteiger partial charge in [-0.15, -0.1) is 0 Å². The highest BCUT2D eigenvalue weighted by Crippen LogP contribution is 2.38. The number of H-pyrrole nitrogens is 1. The molecule has 1 atom stereocenters. The molecule has 2 aromatic carbocycles. The Morgan fingerprint density at radius 3 is 3.00 bits per heavy atom.